The highest BCUT2D eigenvalue weighted by atomic mass is 19.2. The molecule has 0 saturated carbocycles. The zero-order valence-corrected chi connectivity index (χ0v) is 10.8. The maximum atomic E-state index is 13.4. The van der Waals surface area contributed by atoms with Crippen molar-refractivity contribution in [1.82, 2.24) is 0 Å². The van der Waals surface area contributed by atoms with Gasteiger partial charge < -0.3 is 4.74 Å². The van der Waals surface area contributed by atoms with Crippen LogP contribution in [0.25, 0.3) is 12.2 Å². The van der Waals surface area contributed by atoms with E-state index in [0.717, 1.165) is 6.08 Å². The maximum absolute atomic E-state index is 13.4. The number of halogens is 5. The van der Waals surface area contributed by atoms with Gasteiger partial charge >= 0.3 is 0 Å². The van der Waals surface area contributed by atoms with Crippen LogP contribution in [0.4, 0.5) is 22.0 Å². The zero-order valence-electron chi connectivity index (χ0n) is 10.8. The monoisotopic (exact) mass is 300 g/mol. The van der Waals surface area contributed by atoms with Gasteiger partial charge in [-0.15, -0.1) is 0 Å². The second-order valence-corrected chi connectivity index (χ2v) is 4.09. The molecule has 0 amide bonds. The Morgan fingerprint density at radius 1 is 0.714 bits per heavy atom. The summed E-state index contributed by atoms with van der Waals surface area (Å²) in [5, 5.41) is 0. The second-order valence-electron chi connectivity index (χ2n) is 4.09. The summed E-state index contributed by atoms with van der Waals surface area (Å²) in [7, 11) is 1.47. The molecular formula is C15H9F5O. The van der Waals surface area contributed by atoms with Crippen LogP contribution >= 0.6 is 0 Å². The van der Waals surface area contributed by atoms with Crippen molar-refractivity contribution in [2.75, 3.05) is 7.11 Å². The molecule has 110 valence electrons. The lowest BCUT2D eigenvalue weighted by atomic mass is 10.1. The summed E-state index contributed by atoms with van der Waals surface area (Å²) in [6, 6.07) is 6.33. The van der Waals surface area contributed by atoms with Gasteiger partial charge in [-0.3, -0.25) is 0 Å². The van der Waals surface area contributed by atoms with Crippen LogP contribution < -0.4 is 4.74 Å². The summed E-state index contributed by atoms with van der Waals surface area (Å²) in [5.41, 5.74) is -0.470. The third-order valence-electron chi connectivity index (χ3n) is 2.80. The molecule has 0 spiro atoms. The number of hydrogen-bond donors (Lipinski definition) is 0. The van der Waals surface area contributed by atoms with Crippen LogP contribution in [0, 0.1) is 29.1 Å². The lowest BCUT2D eigenvalue weighted by Gasteiger charge is -2.04. The molecule has 1 nitrogen and oxygen atoms in total. The van der Waals surface area contributed by atoms with Gasteiger partial charge in [0.1, 0.15) is 5.75 Å². The SMILES string of the molecule is COc1ccc(/C=C\c2c(F)c(F)c(F)c(F)c2F)cc1. The Kier molecular flexibility index (Phi) is 4.26. The summed E-state index contributed by atoms with van der Waals surface area (Å²) in [6.07, 6.45) is 2.07. The summed E-state index contributed by atoms with van der Waals surface area (Å²) < 4.78 is 70.7. The van der Waals surface area contributed by atoms with E-state index in [-0.39, 0.29) is 0 Å². The van der Waals surface area contributed by atoms with Gasteiger partial charge in [-0.25, -0.2) is 22.0 Å². The normalized spacial score (nSPS) is 11.1. The topological polar surface area (TPSA) is 9.23 Å². The van der Waals surface area contributed by atoms with Gasteiger partial charge in [0.2, 0.25) is 5.82 Å². The van der Waals surface area contributed by atoms with E-state index in [1.165, 1.54) is 13.2 Å². The fourth-order valence-corrected chi connectivity index (χ4v) is 1.66. The predicted octanol–water partition coefficient (Wildman–Crippen LogP) is 4.56. The van der Waals surface area contributed by atoms with Crippen molar-refractivity contribution >= 4 is 12.2 Å². The van der Waals surface area contributed by atoms with Crippen molar-refractivity contribution in [3.05, 3.63) is 64.5 Å². The Morgan fingerprint density at radius 3 is 1.67 bits per heavy atom. The molecule has 0 bridgehead atoms. The molecule has 0 unspecified atom stereocenters. The molecule has 0 N–H and O–H groups in total. The zero-order chi connectivity index (χ0) is 15.6. The van der Waals surface area contributed by atoms with Gasteiger partial charge in [-0.05, 0) is 23.8 Å². The Morgan fingerprint density at radius 2 is 1.19 bits per heavy atom. The van der Waals surface area contributed by atoms with Gasteiger partial charge in [0.15, 0.2) is 23.3 Å². The van der Waals surface area contributed by atoms with Crippen molar-refractivity contribution in [2.24, 2.45) is 0 Å². The lowest BCUT2D eigenvalue weighted by Crippen LogP contribution is -2.03. The average Bonchev–Trinajstić information content (AvgIpc) is 2.51. The highest BCUT2D eigenvalue weighted by molar-refractivity contribution is 5.70. The van der Waals surface area contributed by atoms with E-state index >= 15 is 0 Å². The minimum absolute atomic E-state index is 0.514. The second kappa shape index (κ2) is 5.95. The van der Waals surface area contributed by atoms with Crippen molar-refractivity contribution in [2.45, 2.75) is 0 Å². The van der Waals surface area contributed by atoms with E-state index in [1.54, 1.807) is 24.3 Å². The summed E-state index contributed by atoms with van der Waals surface area (Å²) in [6.45, 7) is 0. The molecule has 2 aromatic rings. The van der Waals surface area contributed by atoms with E-state index in [0.29, 0.717) is 11.3 Å². The molecule has 0 heterocycles. The van der Waals surface area contributed by atoms with Crippen LogP contribution in [0.1, 0.15) is 11.1 Å². The summed E-state index contributed by atoms with van der Waals surface area (Å²) in [4.78, 5) is 0. The molecule has 2 rings (SSSR count). The first-order chi connectivity index (χ1) is 9.95. The van der Waals surface area contributed by atoms with Gasteiger partial charge in [0, 0.05) is 0 Å². The standard InChI is InChI=1S/C15H9F5O/c1-21-9-5-2-8(3-6-9)4-7-10-11(16)13(18)15(20)14(19)12(10)17/h2-7H,1H3/b7-4-. The van der Waals surface area contributed by atoms with E-state index in [4.69, 9.17) is 4.74 Å². The summed E-state index contributed by atoms with van der Waals surface area (Å²) >= 11 is 0. The highest BCUT2D eigenvalue weighted by Crippen LogP contribution is 2.24. The number of benzene rings is 2. The Hall–Kier alpha value is -2.37. The molecule has 21 heavy (non-hydrogen) atoms. The molecule has 0 saturated heterocycles. The molecule has 0 atom stereocenters. The van der Waals surface area contributed by atoms with Crippen LogP contribution in [0.15, 0.2) is 24.3 Å². The van der Waals surface area contributed by atoms with Crippen LogP contribution in [-0.2, 0) is 0 Å². The van der Waals surface area contributed by atoms with Gasteiger partial charge in [0.25, 0.3) is 0 Å². The van der Waals surface area contributed by atoms with Gasteiger partial charge in [0.05, 0.1) is 12.7 Å². The van der Waals surface area contributed by atoms with Crippen molar-refractivity contribution in [3.8, 4) is 5.75 Å². The van der Waals surface area contributed by atoms with E-state index in [1.807, 2.05) is 0 Å². The molecule has 6 heteroatoms. The fraction of sp³-hybridized carbons (Fsp3) is 0.0667. The predicted molar refractivity (Wildman–Crippen MR) is 68.2 cm³/mol. The minimum Gasteiger partial charge on any atom is -0.497 e. The van der Waals surface area contributed by atoms with Crippen LogP contribution in [0.3, 0.4) is 0 Å². The summed E-state index contributed by atoms with van der Waals surface area (Å²) in [5.74, 6) is -9.27. The molecule has 0 aromatic heterocycles. The van der Waals surface area contributed by atoms with Gasteiger partial charge in [-0.2, -0.15) is 0 Å². The van der Waals surface area contributed by atoms with Gasteiger partial charge in [-0.1, -0.05) is 18.2 Å². The minimum atomic E-state index is -2.17. The molecule has 2 aromatic carbocycles. The molecule has 0 aliphatic carbocycles. The third kappa shape index (κ3) is 2.89. The number of ether oxygens (including phenoxy) is 1. The van der Waals surface area contributed by atoms with Crippen LogP contribution in [0.2, 0.25) is 0 Å². The van der Waals surface area contributed by atoms with Crippen LogP contribution in [-0.4, -0.2) is 7.11 Å². The number of hydrogen-bond acceptors (Lipinski definition) is 1. The molecule has 0 aliphatic rings. The van der Waals surface area contributed by atoms with Crippen LogP contribution in [0.5, 0.6) is 5.75 Å². The van der Waals surface area contributed by atoms with Crippen molar-refractivity contribution in [3.63, 3.8) is 0 Å². The smallest absolute Gasteiger partial charge is 0.200 e. The Labute approximate surface area is 117 Å². The highest BCUT2D eigenvalue weighted by Gasteiger charge is 2.24. The first kappa shape index (κ1) is 15.0. The molecule has 0 fully saturated rings. The van der Waals surface area contributed by atoms with E-state index in [9.17, 15) is 22.0 Å². The molecule has 0 aliphatic heterocycles. The molecule has 0 radical (unpaired) electrons. The Balaban J connectivity index is 2.41. The lowest BCUT2D eigenvalue weighted by molar-refractivity contribution is 0.377. The Bertz CT molecular complexity index is 663. The number of methoxy groups -OCH3 is 1. The largest absolute Gasteiger partial charge is 0.497 e. The number of rotatable bonds is 3. The van der Waals surface area contributed by atoms with Crippen molar-refractivity contribution in [1.29, 1.82) is 0 Å². The third-order valence-corrected chi connectivity index (χ3v) is 2.80. The van der Waals surface area contributed by atoms with E-state index < -0.39 is 34.6 Å². The fourth-order valence-electron chi connectivity index (χ4n) is 1.66. The maximum Gasteiger partial charge on any atom is 0.200 e. The van der Waals surface area contributed by atoms with Crippen molar-refractivity contribution < 1.29 is 26.7 Å². The quantitative estimate of drug-likeness (QED) is 0.349. The average molecular weight is 300 g/mol. The first-order valence-corrected chi connectivity index (χ1v) is 5.79. The van der Waals surface area contributed by atoms with E-state index in [2.05, 4.69) is 0 Å². The first-order valence-electron chi connectivity index (χ1n) is 5.79. The molecular weight excluding hydrogens is 291 g/mol.